The summed E-state index contributed by atoms with van der Waals surface area (Å²) in [4.78, 5) is 13.4. The van der Waals surface area contributed by atoms with E-state index in [1.165, 1.54) is 25.9 Å². The summed E-state index contributed by atoms with van der Waals surface area (Å²) in [5.41, 5.74) is 0.672. The molecule has 102 valence electrons. The summed E-state index contributed by atoms with van der Waals surface area (Å²) in [5.74, 6) is 0.544. The van der Waals surface area contributed by atoms with Crippen molar-refractivity contribution in [1.82, 2.24) is 0 Å². The molecule has 0 saturated carbocycles. The molecule has 1 aromatic carbocycles. The maximum Gasteiger partial charge on any atom is 0.412 e. The van der Waals surface area contributed by atoms with E-state index < -0.39 is 0 Å². The highest BCUT2D eigenvalue weighted by atomic mass is 35.5. The van der Waals surface area contributed by atoms with Gasteiger partial charge in [-0.1, -0.05) is 17.7 Å². The van der Waals surface area contributed by atoms with Gasteiger partial charge in [0, 0.05) is 29.5 Å². The van der Waals surface area contributed by atoms with Crippen LogP contribution in [0.4, 0.5) is 10.5 Å². The Kier molecular flexibility index (Phi) is 3.62. The van der Waals surface area contributed by atoms with Gasteiger partial charge >= 0.3 is 6.09 Å². The highest BCUT2D eigenvalue weighted by molar-refractivity contribution is 6.30. The van der Waals surface area contributed by atoms with Gasteiger partial charge in [0.1, 0.15) is 6.54 Å². The van der Waals surface area contributed by atoms with Gasteiger partial charge in [-0.3, -0.25) is 5.32 Å². The average Bonchev–Trinajstić information content (AvgIpc) is 2.40. The molecule has 1 amide bonds. The lowest BCUT2D eigenvalue weighted by molar-refractivity contribution is -0.920. The molecule has 0 aliphatic carbocycles. The number of piperidine rings is 3. The SMILES string of the molecule is O=C(Nc1cccc(Cl)c1)O[C@@H]1C[NH+]2CCC1CC2. The summed E-state index contributed by atoms with van der Waals surface area (Å²) in [6.45, 7) is 3.40. The van der Waals surface area contributed by atoms with Crippen LogP contribution in [0.25, 0.3) is 0 Å². The van der Waals surface area contributed by atoms with E-state index in [0.717, 1.165) is 6.54 Å². The number of halogens is 1. The van der Waals surface area contributed by atoms with Gasteiger partial charge in [0.15, 0.2) is 6.10 Å². The number of carbonyl (C=O) groups is 1. The summed E-state index contributed by atoms with van der Waals surface area (Å²) in [5, 5.41) is 3.34. The predicted octanol–water partition coefficient (Wildman–Crippen LogP) is 1.57. The van der Waals surface area contributed by atoms with Crippen LogP contribution >= 0.6 is 11.6 Å². The van der Waals surface area contributed by atoms with Gasteiger partial charge in [-0.15, -0.1) is 0 Å². The van der Waals surface area contributed by atoms with Gasteiger partial charge in [0.2, 0.25) is 0 Å². The van der Waals surface area contributed by atoms with Gasteiger partial charge in [-0.2, -0.15) is 0 Å². The van der Waals surface area contributed by atoms with Crippen molar-refractivity contribution in [2.45, 2.75) is 18.9 Å². The van der Waals surface area contributed by atoms with Gasteiger partial charge in [-0.25, -0.2) is 4.79 Å². The average molecular weight is 282 g/mol. The zero-order valence-electron chi connectivity index (χ0n) is 10.7. The maximum atomic E-state index is 11.9. The number of quaternary nitrogens is 1. The quantitative estimate of drug-likeness (QED) is 0.864. The van der Waals surface area contributed by atoms with Crippen LogP contribution in [0.1, 0.15) is 12.8 Å². The third-order valence-corrected chi connectivity index (χ3v) is 4.32. The molecule has 2 bridgehead atoms. The monoisotopic (exact) mass is 281 g/mol. The van der Waals surface area contributed by atoms with Gasteiger partial charge in [0.05, 0.1) is 13.1 Å². The topological polar surface area (TPSA) is 42.8 Å². The lowest BCUT2D eigenvalue weighted by Gasteiger charge is -2.40. The molecule has 0 radical (unpaired) electrons. The summed E-state index contributed by atoms with van der Waals surface area (Å²) in [7, 11) is 0. The minimum Gasteiger partial charge on any atom is -0.440 e. The van der Waals surface area contributed by atoms with Gasteiger partial charge in [-0.05, 0) is 18.2 Å². The molecule has 4 nitrogen and oxygen atoms in total. The first-order valence-electron chi connectivity index (χ1n) is 6.77. The summed E-state index contributed by atoms with van der Waals surface area (Å²) >= 11 is 5.88. The molecule has 5 heteroatoms. The molecule has 4 rings (SSSR count). The molecule has 19 heavy (non-hydrogen) atoms. The van der Waals surface area contributed by atoms with Crippen LogP contribution in [0.5, 0.6) is 0 Å². The number of amides is 1. The van der Waals surface area contributed by atoms with Crippen molar-refractivity contribution in [3.05, 3.63) is 29.3 Å². The first-order chi connectivity index (χ1) is 9.20. The van der Waals surface area contributed by atoms with E-state index in [9.17, 15) is 4.79 Å². The Morgan fingerprint density at radius 3 is 2.79 bits per heavy atom. The summed E-state index contributed by atoms with van der Waals surface area (Å²) in [6, 6.07) is 7.09. The van der Waals surface area contributed by atoms with E-state index in [1.54, 1.807) is 29.2 Å². The molecule has 2 N–H and O–H groups in total. The second-order valence-corrected chi connectivity index (χ2v) is 5.81. The van der Waals surface area contributed by atoms with Crippen molar-refractivity contribution in [1.29, 1.82) is 0 Å². The van der Waals surface area contributed by atoms with Crippen molar-refractivity contribution in [3.63, 3.8) is 0 Å². The van der Waals surface area contributed by atoms with E-state index in [2.05, 4.69) is 5.32 Å². The van der Waals surface area contributed by atoms with E-state index in [0.29, 0.717) is 16.6 Å². The second kappa shape index (κ2) is 5.39. The Morgan fingerprint density at radius 1 is 1.37 bits per heavy atom. The predicted molar refractivity (Wildman–Crippen MR) is 73.6 cm³/mol. The summed E-state index contributed by atoms with van der Waals surface area (Å²) < 4.78 is 5.56. The highest BCUT2D eigenvalue weighted by Crippen LogP contribution is 2.22. The number of carbonyl (C=O) groups excluding carboxylic acids is 1. The Hall–Kier alpha value is -1.26. The van der Waals surface area contributed by atoms with Crippen LogP contribution in [-0.4, -0.2) is 31.8 Å². The molecule has 0 aromatic heterocycles. The standard InChI is InChI=1S/C14H17ClN2O2/c15-11-2-1-3-12(8-11)16-14(18)19-13-9-17-6-4-10(13)5-7-17/h1-3,8,10,13H,4-7,9H2,(H,16,18)/p+1/t13-/m1/s1. The van der Waals surface area contributed by atoms with E-state index >= 15 is 0 Å². The molecule has 3 heterocycles. The molecule has 0 spiro atoms. The largest absolute Gasteiger partial charge is 0.440 e. The smallest absolute Gasteiger partial charge is 0.412 e. The Balaban J connectivity index is 1.57. The third kappa shape index (κ3) is 3.01. The third-order valence-electron chi connectivity index (χ3n) is 4.08. The minimum absolute atomic E-state index is 0.0664. The number of ether oxygens (including phenoxy) is 1. The minimum atomic E-state index is -0.375. The number of nitrogens with one attached hydrogen (secondary N) is 2. The van der Waals surface area contributed by atoms with E-state index in [4.69, 9.17) is 16.3 Å². The number of anilines is 1. The molecular weight excluding hydrogens is 264 g/mol. The van der Waals surface area contributed by atoms with Crippen LogP contribution in [0.15, 0.2) is 24.3 Å². The van der Waals surface area contributed by atoms with Crippen LogP contribution in [-0.2, 0) is 4.74 Å². The van der Waals surface area contributed by atoms with Crippen molar-refractivity contribution in [2.75, 3.05) is 25.0 Å². The number of fused-ring (bicyclic) bond motifs is 3. The summed E-state index contributed by atoms with van der Waals surface area (Å²) in [6.07, 6.45) is 2.03. The fraction of sp³-hybridized carbons (Fsp3) is 0.500. The second-order valence-electron chi connectivity index (χ2n) is 5.37. The fourth-order valence-electron chi connectivity index (χ4n) is 3.06. The molecule has 3 fully saturated rings. The first kappa shape index (κ1) is 12.8. The molecule has 3 saturated heterocycles. The lowest BCUT2D eigenvalue weighted by Crippen LogP contribution is -3.16. The zero-order chi connectivity index (χ0) is 13.2. The number of hydrogen-bond donors (Lipinski definition) is 2. The number of benzene rings is 1. The maximum absolute atomic E-state index is 11.9. The molecule has 1 aromatic rings. The van der Waals surface area contributed by atoms with Crippen molar-refractivity contribution in [2.24, 2.45) is 5.92 Å². The molecule has 3 aliphatic rings. The zero-order valence-corrected chi connectivity index (χ0v) is 11.5. The van der Waals surface area contributed by atoms with Crippen molar-refractivity contribution >= 4 is 23.4 Å². The van der Waals surface area contributed by atoms with E-state index in [1.807, 2.05) is 0 Å². The molecular formula is C14H18ClN2O2+. The number of rotatable bonds is 2. The molecule has 1 atom stereocenters. The number of hydrogen-bond acceptors (Lipinski definition) is 2. The normalized spacial score (nSPS) is 29.0. The lowest BCUT2D eigenvalue weighted by atomic mass is 9.86. The van der Waals surface area contributed by atoms with E-state index in [-0.39, 0.29) is 12.2 Å². The van der Waals surface area contributed by atoms with Crippen molar-refractivity contribution in [3.8, 4) is 0 Å². The Labute approximate surface area is 117 Å². The highest BCUT2D eigenvalue weighted by Gasteiger charge is 2.39. The Morgan fingerprint density at radius 2 is 2.16 bits per heavy atom. The van der Waals surface area contributed by atoms with Crippen LogP contribution in [0.3, 0.4) is 0 Å². The molecule has 0 unspecified atom stereocenters. The Bertz CT molecular complexity index is 472. The molecule has 3 aliphatic heterocycles. The fourth-order valence-corrected chi connectivity index (χ4v) is 3.25. The van der Waals surface area contributed by atoms with Crippen LogP contribution in [0, 0.1) is 5.92 Å². The van der Waals surface area contributed by atoms with Crippen LogP contribution in [0.2, 0.25) is 5.02 Å². The van der Waals surface area contributed by atoms with Crippen molar-refractivity contribution < 1.29 is 14.4 Å². The first-order valence-corrected chi connectivity index (χ1v) is 7.15. The van der Waals surface area contributed by atoms with Gasteiger partial charge in [0.25, 0.3) is 0 Å². The van der Waals surface area contributed by atoms with Crippen LogP contribution < -0.4 is 10.2 Å². The van der Waals surface area contributed by atoms with Gasteiger partial charge < -0.3 is 9.64 Å².